The van der Waals surface area contributed by atoms with Gasteiger partial charge in [0.25, 0.3) is 0 Å². The highest BCUT2D eigenvalue weighted by Crippen LogP contribution is 2.46. The lowest BCUT2D eigenvalue weighted by molar-refractivity contribution is -0.227. The van der Waals surface area contributed by atoms with Gasteiger partial charge in [0.15, 0.2) is 0 Å². The molecule has 0 aliphatic carbocycles. The first-order valence-electron chi connectivity index (χ1n) is 9.69. The first-order chi connectivity index (χ1) is 14.3. The number of thioether (sulfide) groups is 2. The van der Waals surface area contributed by atoms with Gasteiger partial charge in [-0.05, 0) is 38.1 Å². The quantitative estimate of drug-likeness (QED) is 0.176. The third-order valence-electron chi connectivity index (χ3n) is 4.11. The van der Waals surface area contributed by atoms with Crippen LogP contribution < -0.4 is 0 Å². The van der Waals surface area contributed by atoms with E-state index >= 15 is 0 Å². The summed E-state index contributed by atoms with van der Waals surface area (Å²) in [7, 11) is 0. The third kappa shape index (κ3) is 7.80. The zero-order chi connectivity index (χ0) is 22.0. The Morgan fingerprint density at radius 1 is 0.667 bits per heavy atom. The van der Waals surface area contributed by atoms with Crippen molar-refractivity contribution < 1.29 is 27.0 Å². The second kappa shape index (κ2) is 12.0. The number of hydrogen-bond acceptors (Lipinski definition) is 4. The van der Waals surface area contributed by atoms with Gasteiger partial charge in [-0.3, -0.25) is 0 Å². The lowest BCUT2D eigenvalue weighted by atomic mass is 10.1. The molecular weight excluding hydrogens is 436 g/mol. The van der Waals surface area contributed by atoms with Crippen molar-refractivity contribution in [2.24, 2.45) is 0 Å². The first kappa shape index (κ1) is 25.0. The average Bonchev–Trinajstić information content (AvgIpc) is 2.69. The predicted octanol–water partition coefficient (Wildman–Crippen LogP) is 7.35. The molecule has 0 fully saturated rings. The standard InChI is InChI=1S/C22H26F4O2S2/c1-3-27-19(29-17-11-7-5-8-12-17)15-21(23,24)22(25,26)16-20(28-4-2)30-18-13-9-6-10-14-18/h5-14,19-20H,3-4,15-16H2,1-2H3. The molecular formula is C22H26F4O2S2. The highest BCUT2D eigenvalue weighted by Gasteiger charge is 2.58. The second-order valence-corrected chi connectivity index (χ2v) is 8.91. The number of rotatable bonds is 13. The number of ether oxygens (including phenoxy) is 2. The maximum atomic E-state index is 14.7. The fourth-order valence-electron chi connectivity index (χ4n) is 2.66. The Kier molecular flexibility index (Phi) is 10.0. The van der Waals surface area contributed by atoms with Crippen molar-refractivity contribution >= 4 is 23.5 Å². The van der Waals surface area contributed by atoms with Gasteiger partial charge in [-0.1, -0.05) is 59.9 Å². The topological polar surface area (TPSA) is 18.5 Å². The summed E-state index contributed by atoms with van der Waals surface area (Å²) >= 11 is 2.03. The number of hydrogen-bond donors (Lipinski definition) is 0. The fraction of sp³-hybridized carbons (Fsp3) is 0.455. The summed E-state index contributed by atoms with van der Waals surface area (Å²) in [6.45, 7) is 3.60. The summed E-state index contributed by atoms with van der Waals surface area (Å²) in [5, 5.41) is 0. The van der Waals surface area contributed by atoms with Crippen molar-refractivity contribution in [3.05, 3.63) is 60.7 Å². The maximum absolute atomic E-state index is 14.7. The van der Waals surface area contributed by atoms with Gasteiger partial charge in [-0.25, -0.2) is 0 Å². The molecule has 30 heavy (non-hydrogen) atoms. The van der Waals surface area contributed by atoms with Crippen LogP contribution in [-0.2, 0) is 9.47 Å². The highest BCUT2D eigenvalue weighted by molar-refractivity contribution is 8.00. The van der Waals surface area contributed by atoms with Gasteiger partial charge in [0, 0.05) is 23.0 Å². The van der Waals surface area contributed by atoms with Crippen LogP contribution >= 0.6 is 23.5 Å². The molecule has 2 aromatic rings. The van der Waals surface area contributed by atoms with Crippen molar-refractivity contribution in [3.8, 4) is 0 Å². The molecule has 0 saturated heterocycles. The van der Waals surface area contributed by atoms with Gasteiger partial charge in [-0.2, -0.15) is 17.6 Å². The van der Waals surface area contributed by atoms with Gasteiger partial charge < -0.3 is 9.47 Å². The minimum Gasteiger partial charge on any atom is -0.367 e. The lowest BCUT2D eigenvalue weighted by Crippen LogP contribution is -2.45. The van der Waals surface area contributed by atoms with Gasteiger partial charge >= 0.3 is 11.8 Å². The molecule has 0 aliphatic heterocycles. The van der Waals surface area contributed by atoms with E-state index in [-0.39, 0.29) is 13.2 Å². The zero-order valence-corrected chi connectivity index (χ0v) is 18.5. The smallest absolute Gasteiger partial charge is 0.313 e. The number of benzene rings is 2. The Morgan fingerprint density at radius 2 is 1.00 bits per heavy atom. The Bertz CT molecular complexity index is 669. The molecule has 0 saturated carbocycles. The van der Waals surface area contributed by atoms with Crippen LogP contribution in [0.15, 0.2) is 70.5 Å². The van der Waals surface area contributed by atoms with E-state index < -0.39 is 35.6 Å². The molecule has 2 nitrogen and oxygen atoms in total. The van der Waals surface area contributed by atoms with E-state index in [9.17, 15) is 17.6 Å². The Hall–Kier alpha value is -1.22. The molecule has 0 spiro atoms. The third-order valence-corrected chi connectivity index (χ3v) is 6.33. The Morgan fingerprint density at radius 3 is 1.30 bits per heavy atom. The molecule has 2 unspecified atom stereocenters. The minimum atomic E-state index is -4.25. The van der Waals surface area contributed by atoms with Crippen LogP contribution in [0.4, 0.5) is 17.6 Å². The largest absolute Gasteiger partial charge is 0.367 e. The van der Waals surface area contributed by atoms with Crippen molar-refractivity contribution in [1.29, 1.82) is 0 Å². The van der Waals surface area contributed by atoms with E-state index in [2.05, 4.69) is 0 Å². The first-order valence-corrected chi connectivity index (χ1v) is 11.5. The molecule has 166 valence electrons. The fourth-order valence-corrected chi connectivity index (χ4v) is 4.89. The van der Waals surface area contributed by atoms with Crippen molar-refractivity contribution in [1.82, 2.24) is 0 Å². The van der Waals surface area contributed by atoms with Crippen LogP contribution in [0.25, 0.3) is 0 Å². The van der Waals surface area contributed by atoms with Crippen LogP contribution in [0.3, 0.4) is 0 Å². The minimum absolute atomic E-state index is 0.150. The molecule has 8 heteroatoms. The molecule has 0 bridgehead atoms. The molecule has 2 rings (SSSR count). The summed E-state index contributed by atoms with van der Waals surface area (Å²) in [6.07, 6.45) is -2.19. The second-order valence-electron chi connectivity index (χ2n) is 6.45. The van der Waals surface area contributed by atoms with Crippen molar-refractivity contribution in [2.75, 3.05) is 13.2 Å². The van der Waals surface area contributed by atoms with Gasteiger partial charge in [-0.15, -0.1) is 0 Å². The van der Waals surface area contributed by atoms with E-state index in [4.69, 9.17) is 9.47 Å². The molecule has 2 aromatic carbocycles. The van der Waals surface area contributed by atoms with E-state index in [1.807, 2.05) is 0 Å². The molecule has 0 radical (unpaired) electrons. The molecule has 0 aromatic heterocycles. The van der Waals surface area contributed by atoms with Gasteiger partial charge in [0.05, 0.1) is 12.8 Å². The monoisotopic (exact) mass is 462 g/mol. The van der Waals surface area contributed by atoms with E-state index in [0.29, 0.717) is 9.79 Å². The van der Waals surface area contributed by atoms with E-state index in [1.54, 1.807) is 74.5 Å². The summed E-state index contributed by atoms with van der Waals surface area (Å²) in [4.78, 5) is 1.36. The molecule has 0 aliphatic rings. The summed E-state index contributed by atoms with van der Waals surface area (Å²) in [5.74, 6) is -8.50. The van der Waals surface area contributed by atoms with E-state index in [1.165, 1.54) is 0 Å². The van der Waals surface area contributed by atoms with E-state index in [0.717, 1.165) is 23.5 Å². The Labute approximate surface area is 183 Å². The predicted molar refractivity (Wildman–Crippen MR) is 115 cm³/mol. The Balaban J connectivity index is 2.08. The van der Waals surface area contributed by atoms with Crippen LogP contribution in [0.1, 0.15) is 26.7 Å². The van der Waals surface area contributed by atoms with Crippen LogP contribution in [0.5, 0.6) is 0 Å². The molecule has 0 heterocycles. The van der Waals surface area contributed by atoms with Crippen molar-refractivity contribution in [2.45, 2.75) is 59.2 Å². The molecule has 0 amide bonds. The van der Waals surface area contributed by atoms with Crippen LogP contribution in [0.2, 0.25) is 0 Å². The van der Waals surface area contributed by atoms with Crippen LogP contribution in [-0.4, -0.2) is 35.9 Å². The molecule has 2 atom stereocenters. The normalized spacial score (nSPS) is 14.5. The molecule has 0 N–H and O–H groups in total. The van der Waals surface area contributed by atoms with Crippen molar-refractivity contribution in [3.63, 3.8) is 0 Å². The summed E-state index contributed by atoms with van der Waals surface area (Å²) in [6, 6.07) is 17.5. The van der Waals surface area contributed by atoms with Gasteiger partial charge in [0.2, 0.25) is 0 Å². The summed E-state index contributed by atoms with van der Waals surface area (Å²) in [5.41, 5.74) is -2.18. The van der Waals surface area contributed by atoms with Crippen LogP contribution in [0, 0.1) is 0 Å². The zero-order valence-electron chi connectivity index (χ0n) is 16.9. The maximum Gasteiger partial charge on any atom is 0.313 e. The summed E-state index contributed by atoms with van der Waals surface area (Å²) < 4.78 is 69.5. The SMILES string of the molecule is CCOC(CC(F)(F)C(F)(F)CC(OCC)Sc1ccccc1)Sc1ccccc1. The number of alkyl halides is 4. The average molecular weight is 463 g/mol. The number of halogens is 4. The highest BCUT2D eigenvalue weighted by atomic mass is 32.2. The van der Waals surface area contributed by atoms with Gasteiger partial charge in [0.1, 0.15) is 10.9 Å². The lowest BCUT2D eigenvalue weighted by Gasteiger charge is -2.31.